The number of aryl methyl sites for hydroxylation is 1. The van der Waals surface area contributed by atoms with Crippen molar-refractivity contribution < 1.29 is 19.7 Å². The number of fused-ring (bicyclic) bond motifs is 1. The number of benzene rings is 1. The molecule has 1 saturated heterocycles. The van der Waals surface area contributed by atoms with Crippen molar-refractivity contribution in [1.82, 2.24) is 9.97 Å². The van der Waals surface area contributed by atoms with Crippen LogP contribution in [-0.4, -0.2) is 57.0 Å². The van der Waals surface area contributed by atoms with E-state index >= 15 is 0 Å². The zero-order valence-corrected chi connectivity index (χ0v) is 20.8. The standard InChI is InChI=1S/C26H35N5O4/c1-16-13-28-23(29-14-16)19(12-27)24(33)30-20-9-17-11-26(4,15-32)35-22(17)10-21(20)31-7-5-18(6-8-31)25(2,3)34/h9-10,12-14,18,32,34H,5-8,11,15,27H2,1-4H3,(H,30,33). The molecule has 2 aliphatic heterocycles. The number of ether oxygens (including phenoxy) is 1. The first kappa shape index (κ1) is 24.9. The first-order valence-corrected chi connectivity index (χ1v) is 12.0. The number of nitrogens with one attached hydrogen (secondary N) is 1. The van der Waals surface area contributed by atoms with E-state index in [2.05, 4.69) is 20.2 Å². The van der Waals surface area contributed by atoms with Crippen LogP contribution in [0.15, 0.2) is 30.7 Å². The molecule has 5 N–H and O–H groups in total. The monoisotopic (exact) mass is 481 g/mol. The Hall–Kier alpha value is -3.17. The van der Waals surface area contributed by atoms with E-state index in [9.17, 15) is 15.0 Å². The van der Waals surface area contributed by atoms with Gasteiger partial charge in [-0.25, -0.2) is 9.97 Å². The van der Waals surface area contributed by atoms with E-state index in [1.54, 1.807) is 12.4 Å². The third-order valence-corrected chi connectivity index (χ3v) is 6.95. The number of aromatic nitrogens is 2. The van der Waals surface area contributed by atoms with Gasteiger partial charge in [-0.05, 0) is 58.1 Å². The molecule has 4 rings (SSSR count). The predicted octanol–water partition coefficient (Wildman–Crippen LogP) is 2.40. The van der Waals surface area contributed by atoms with Crippen molar-refractivity contribution in [1.29, 1.82) is 0 Å². The Morgan fingerprint density at radius 3 is 2.54 bits per heavy atom. The Morgan fingerprint density at radius 1 is 1.31 bits per heavy atom. The van der Waals surface area contributed by atoms with Gasteiger partial charge in [-0.1, -0.05) is 0 Å². The molecule has 9 heteroatoms. The normalized spacial score (nSPS) is 21.0. The molecular formula is C26H35N5O4. The van der Waals surface area contributed by atoms with E-state index in [4.69, 9.17) is 10.5 Å². The van der Waals surface area contributed by atoms with E-state index in [1.165, 1.54) is 6.20 Å². The number of carbonyl (C=O) groups is 1. The van der Waals surface area contributed by atoms with Gasteiger partial charge in [-0.3, -0.25) is 4.79 Å². The Balaban J connectivity index is 1.64. The molecule has 1 atom stereocenters. The summed E-state index contributed by atoms with van der Waals surface area (Å²) in [7, 11) is 0. The smallest absolute Gasteiger partial charge is 0.261 e. The van der Waals surface area contributed by atoms with Gasteiger partial charge in [0.15, 0.2) is 5.82 Å². The topological polar surface area (TPSA) is 134 Å². The van der Waals surface area contributed by atoms with Crippen molar-refractivity contribution in [3.63, 3.8) is 0 Å². The maximum absolute atomic E-state index is 13.3. The Labute approximate surface area is 206 Å². The minimum Gasteiger partial charge on any atom is -0.484 e. The maximum atomic E-state index is 13.3. The number of aliphatic hydroxyl groups is 2. The lowest BCUT2D eigenvalue weighted by Gasteiger charge is -2.39. The molecule has 2 aromatic rings. The van der Waals surface area contributed by atoms with Crippen molar-refractivity contribution in [2.75, 3.05) is 29.9 Å². The highest BCUT2D eigenvalue weighted by atomic mass is 16.5. The molecule has 0 spiro atoms. The number of hydrogen-bond donors (Lipinski definition) is 4. The number of aliphatic hydroxyl groups excluding tert-OH is 1. The summed E-state index contributed by atoms with van der Waals surface area (Å²) in [5.74, 6) is 0.745. The molecule has 1 unspecified atom stereocenters. The highest BCUT2D eigenvalue weighted by Gasteiger charge is 2.37. The van der Waals surface area contributed by atoms with E-state index in [0.717, 1.165) is 42.7 Å². The van der Waals surface area contributed by atoms with Gasteiger partial charge in [0.1, 0.15) is 11.4 Å². The van der Waals surface area contributed by atoms with Crippen LogP contribution in [0.4, 0.5) is 11.4 Å². The number of hydrogen-bond acceptors (Lipinski definition) is 8. The molecule has 9 nitrogen and oxygen atoms in total. The van der Waals surface area contributed by atoms with Crippen LogP contribution in [0.25, 0.3) is 5.57 Å². The van der Waals surface area contributed by atoms with Gasteiger partial charge in [-0.2, -0.15) is 0 Å². The average Bonchev–Trinajstić information content (AvgIpc) is 3.15. The van der Waals surface area contributed by atoms with Gasteiger partial charge in [0, 0.05) is 49.7 Å². The molecular weight excluding hydrogens is 446 g/mol. The van der Waals surface area contributed by atoms with Gasteiger partial charge in [0.25, 0.3) is 5.91 Å². The summed E-state index contributed by atoms with van der Waals surface area (Å²) < 4.78 is 6.08. The molecule has 188 valence electrons. The zero-order chi connectivity index (χ0) is 25.4. The molecule has 0 bridgehead atoms. The third-order valence-electron chi connectivity index (χ3n) is 6.95. The van der Waals surface area contributed by atoms with Gasteiger partial charge in [0.2, 0.25) is 0 Å². The van der Waals surface area contributed by atoms with Crippen molar-refractivity contribution in [2.45, 2.75) is 58.2 Å². The van der Waals surface area contributed by atoms with Crippen LogP contribution < -0.4 is 20.7 Å². The summed E-state index contributed by atoms with van der Waals surface area (Å²) in [5.41, 5.74) is 7.79. The van der Waals surface area contributed by atoms with Crippen LogP contribution in [0.3, 0.4) is 0 Å². The van der Waals surface area contributed by atoms with Crippen LogP contribution in [0.1, 0.15) is 50.6 Å². The average molecular weight is 482 g/mol. The second kappa shape index (κ2) is 9.47. The van der Waals surface area contributed by atoms with Crippen LogP contribution in [0.2, 0.25) is 0 Å². The fourth-order valence-electron chi connectivity index (χ4n) is 4.80. The SMILES string of the molecule is Cc1cnc(C(=CN)C(=O)Nc2cc3c(cc2N2CCC(C(C)(C)O)CC2)OC(C)(CO)C3)nc1. The van der Waals surface area contributed by atoms with Crippen LogP contribution >= 0.6 is 0 Å². The van der Waals surface area contributed by atoms with Gasteiger partial charge < -0.3 is 30.9 Å². The number of rotatable bonds is 6. The summed E-state index contributed by atoms with van der Waals surface area (Å²) in [6, 6.07) is 3.85. The summed E-state index contributed by atoms with van der Waals surface area (Å²) in [5, 5.41) is 23.3. The molecule has 1 fully saturated rings. The largest absolute Gasteiger partial charge is 0.484 e. The molecule has 0 radical (unpaired) electrons. The molecule has 1 aromatic heterocycles. The highest BCUT2D eigenvalue weighted by molar-refractivity contribution is 6.24. The quantitative estimate of drug-likeness (QED) is 0.462. The minimum absolute atomic E-state index is 0.111. The van der Waals surface area contributed by atoms with Crippen LogP contribution in [0, 0.1) is 12.8 Å². The Kier molecular flexibility index (Phi) is 6.75. The van der Waals surface area contributed by atoms with E-state index in [1.807, 2.05) is 39.8 Å². The van der Waals surface area contributed by atoms with Gasteiger partial charge in [0.05, 0.1) is 29.2 Å². The Morgan fingerprint density at radius 2 is 1.97 bits per heavy atom. The number of nitrogens with two attached hydrogens (primary N) is 1. The summed E-state index contributed by atoms with van der Waals surface area (Å²) in [6.07, 6.45) is 6.68. The van der Waals surface area contributed by atoms with Gasteiger partial charge in [-0.15, -0.1) is 0 Å². The van der Waals surface area contributed by atoms with E-state index in [0.29, 0.717) is 17.9 Å². The lowest BCUT2D eigenvalue weighted by Crippen LogP contribution is -2.42. The molecule has 35 heavy (non-hydrogen) atoms. The minimum atomic E-state index is -0.734. The highest BCUT2D eigenvalue weighted by Crippen LogP contribution is 2.43. The zero-order valence-electron chi connectivity index (χ0n) is 20.8. The predicted molar refractivity (Wildman–Crippen MR) is 135 cm³/mol. The molecule has 3 heterocycles. The Bertz CT molecular complexity index is 1120. The first-order chi connectivity index (χ1) is 16.5. The maximum Gasteiger partial charge on any atom is 0.261 e. The van der Waals surface area contributed by atoms with E-state index < -0.39 is 17.1 Å². The van der Waals surface area contributed by atoms with Gasteiger partial charge >= 0.3 is 0 Å². The summed E-state index contributed by atoms with van der Waals surface area (Å²) in [4.78, 5) is 24.0. The molecule has 0 aliphatic carbocycles. The number of anilines is 2. The molecule has 1 amide bonds. The molecule has 2 aliphatic rings. The van der Waals surface area contributed by atoms with E-state index in [-0.39, 0.29) is 23.9 Å². The lowest BCUT2D eigenvalue weighted by molar-refractivity contribution is -0.111. The van der Waals surface area contributed by atoms with Crippen LogP contribution in [-0.2, 0) is 11.2 Å². The third kappa shape index (κ3) is 5.26. The fraction of sp³-hybridized carbons (Fsp3) is 0.500. The van der Waals surface area contributed by atoms with Crippen molar-refractivity contribution in [2.24, 2.45) is 11.7 Å². The summed E-state index contributed by atoms with van der Waals surface area (Å²) in [6.45, 7) is 8.79. The number of amides is 1. The van der Waals surface area contributed by atoms with Crippen molar-refractivity contribution in [3.05, 3.63) is 47.7 Å². The number of piperidine rings is 1. The van der Waals surface area contributed by atoms with Crippen molar-refractivity contribution >= 4 is 22.9 Å². The molecule has 0 saturated carbocycles. The summed E-state index contributed by atoms with van der Waals surface area (Å²) >= 11 is 0. The fourth-order valence-corrected chi connectivity index (χ4v) is 4.80. The second-order valence-corrected chi connectivity index (χ2v) is 10.4. The lowest BCUT2D eigenvalue weighted by atomic mass is 9.83. The second-order valence-electron chi connectivity index (χ2n) is 10.4. The van der Waals surface area contributed by atoms with Crippen molar-refractivity contribution in [3.8, 4) is 5.75 Å². The first-order valence-electron chi connectivity index (χ1n) is 12.0. The number of carbonyl (C=O) groups excluding carboxylic acids is 1. The van der Waals surface area contributed by atoms with Crippen LogP contribution in [0.5, 0.6) is 5.75 Å². The molecule has 1 aromatic carbocycles. The number of nitrogens with zero attached hydrogens (tertiary/aromatic N) is 3.